The Morgan fingerprint density at radius 3 is 2.40 bits per heavy atom. The number of rotatable bonds is 5. The lowest BCUT2D eigenvalue weighted by Crippen LogP contribution is -2.51. The van der Waals surface area contributed by atoms with E-state index < -0.39 is 11.7 Å². The first-order chi connectivity index (χ1) is 11.8. The molecule has 0 aromatic heterocycles. The Labute approximate surface area is 146 Å². The van der Waals surface area contributed by atoms with E-state index in [9.17, 15) is 13.2 Å². The largest absolute Gasteiger partial charge is 0.489 e. The summed E-state index contributed by atoms with van der Waals surface area (Å²) >= 11 is 0. The molecule has 2 bridgehead atoms. The molecule has 2 atom stereocenters. The molecule has 0 amide bonds. The molecule has 2 saturated heterocycles. The van der Waals surface area contributed by atoms with Crippen LogP contribution in [0.15, 0.2) is 18.2 Å². The van der Waals surface area contributed by atoms with Crippen LogP contribution in [0.25, 0.3) is 0 Å². The van der Waals surface area contributed by atoms with Gasteiger partial charge < -0.3 is 14.8 Å². The minimum absolute atomic E-state index is 0.0229. The Morgan fingerprint density at radius 1 is 1.12 bits per heavy atom. The summed E-state index contributed by atoms with van der Waals surface area (Å²) in [5, 5.41) is 3.59. The first-order valence-corrected chi connectivity index (χ1v) is 9.08. The molecule has 2 fully saturated rings. The Balaban J connectivity index is 1.76. The molecule has 2 unspecified atom stereocenters. The lowest BCUT2D eigenvalue weighted by Gasteiger charge is -2.40. The number of alkyl halides is 3. The molecule has 2 heterocycles. The summed E-state index contributed by atoms with van der Waals surface area (Å²) < 4.78 is 50.7. The van der Waals surface area contributed by atoms with Crippen molar-refractivity contribution in [1.29, 1.82) is 0 Å². The van der Waals surface area contributed by atoms with Crippen LogP contribution in [0.2, 0.25) is 0 Å². The van der Waals surface area contributed by atoms with E-state index in [1.807, 2.05) is 13.8 Å². The molecule has 2 aliphatic rings. The van der Waals surface area contributed by atoms with Crippen LogP contribution in [-0.4, -0.2) is 24.8 Å². The lowest BCUT2D eigenvalue weighted by atomic mass is 9.85. The zero-order chi connectivity index (χ0) is 18.0. The summed E-state index contributed by atoms with van der Waals surface area (Å²) in [5.74, 6) is 0.825. The second-order valence-electron chi connectivity index (χ2n) is 7.57. The van der Waals surface area contributed by atoms with Crippen molar-refractivity contribution in [2.24, 2.45) is 5.92 Å². The molecule has 0 spiro atoms. The van der Waals surface area contributed by atoms with Gasteiger partial charge in [-0.3, -0.25) is 0 Å². The third-order valence-corrected chi connectivity index (χ3v) is 4.81. The molecule has 1 N–H and O–H groups in total. The number of halogens is 3. The molecular weight excluding hydrogens is 331 g/mol. The van der Waals surface area contributed by atoms with E-state index in [4.69, 9.17) is 9.47 Å². The molecule has 0 saturated carbocycles. The van der Waals surface area contributed by atoms with Crippen molar-refractivity contribution in [3.63, 3.8) is 0 Å². The summed E-state index contributed by atoms with van der Waals surface area (Å²) in [5.41, 5.74) is -0.708. The molecule has 0 aliphatic carbocycles. The molecule has 140 valence electrons. The van der Waals surface area contributed by atoms with Crippen LogP contribution in [0.3, 0.4) is 0 Å². The molecule has 25 heavy (non-hydrogen) atoms. The van der Waals surface area contributed by atoms with Gasteiger partial charge in [0.2, 0.25) is 0 Å². The van der Waals surface area contributed by atoms with Crippen LogP contribution in [0.4, 0.5) is 13.2 Å². The summed E-state index contributed by atoms with van der Waals surface area (Å²) in [7, 11) is 0. The maximum absolute atomic E-state index is 13.0. The number of ether oxygens (including phenoxy) is 2. The van der Waals surface area contributed by atoms with Crippen molar-refractivity contribution < 1.29 is 22.6 Å². The van der Waals surface area contributed by atoms with Crippen LogP contribution >= 0.6 is 0 Å². The van der Waals surface area contributed by atoms with E-state index in [-0.39, 0.29) is 17.8 Å². The average Bonchev–Trinajstić information content (AvgIpc) is 2.52. The van der Waals surface area contributed by atoms with Gasteiger partial charge in [-0.1, -0.05) is 20.3 Å². The van der Waals surface area contributed by atoms with Gasteiger partial charge in [-0.15, -0.1) is 0 Å². The van der Waals surface area contributed by atoms with Crippen LogP contribution in [0, 0.1) is 5.92 Å². The van der Waals surface area contributed by atoms with Crippen molar-refractivity contribution >= 4 is 0 Å². The summed E-state index contributed by atoms with van der Waals surface area (Å²) in [6.07, 6.45) is 0.926. The first-order valence-electron chi connectivity index (χ1n) is 9.08. The minimum atomic E-state index is -4.39. The van der Waals surface area contributed by atoms with Gasteiger partial charge in [-0.25, -0.2) is 0 Å². The van der Waals surface area contributed by atoms with Gasteiger partial charge in [0.1, 0.15) is 6.10 Å². The quantitative estimate of drug-likeness (QED) is 0.822. The normalized spacial score (nSPS) is 26.6. The van der Waals surface area contributed by atoms with E-state index in [0.29, 0.717) is 24.4 Å². The fourth-order valence-electron chi connectivity index (χ4n) is 3.64. The van der Waals surface area contributed by atoms with E-state index in [1.165, 1.54) is 12.5 Å². The maximum atomic E-state index is 13.0. The van der Waals surface area contributed by atoms with Gasteiger partial charge in [-0.05, 0) is 49.8 Å². The SMILES string of the molecule is CC(C)COc1cc(C(F)(F)F)ccc1OC1CC2CCCC(C1)N2. The molecule has 6 heteroatoms. The molecular formula is C19H26F3NO2. The van der Waals surface area contributed by atoms with Crippen molar-refractivity contribution in [3.8, 4) is 11.5 Å². The van der Waals surface area contributed by atoms with Gasteiger partial charge in [-0.2, -0.15) is 13.2 Å². The second kappa shape index (κ2) is 7.44. The summed E-state index contributed by atoms with van der Waals surface area (Å²) in [6, 6.07) is 4.43. The second-order valence-corrected chi connectivity index (χ2v) is 7.57. The number of nitrogens with one attached hydrogen (secondary N) is 1. The van der Waals surface area contributed by atoms with Gasteiger partial charge >= 0.3 is 6.18 Å². The van der Waals surface area contributed by atoms with Gasteiger partial charge in [0, 0.05) is 12.1 Å². The molecule has 1 aromatic carbocycles. The van der Waals surface area contributed by atoms with Crippen LogP contribution in [0.1, 0.15) is 51.5 Å². The number of piperidine rings is 2. The van der Waals surface area contributed by atoms with Crippen molar-refractivity contribution in [3.05, 3.63) is 23.8 Å². The number of hydrogen-bond donors (Lipinski definition) is 1. The predicted molar refractivity (Wildman–Crippen MR) is 90.0 cm³/mol. The highest BCUT2D eigenvalue weighted by molar-refractivity contribution is 5.44. The highest BCUT2D eigenvalue weighted by atomic mass is 19.4. The van der Waals surface area contributed by atoms with E-state index in [2.05, 4.69) is 5.32 Å². The first kappa shape index (κ1) is 18.4. The summed E-state index contributed by atoms with van der Waals surface area (Å²) in [4.78, 5) is 0. The smallest absolute Gasteiger partial charge is 0.416 e. The highest BCUT2D eigenvalue weighted by Crippen LogP contribution is 2.38. The van der Waals surface area contributed by atoms with E-state index in [1.54, 1.807) is 0 Å². The molecule has 3 rings (SSSR count). The Morgan fingerprint density at radius 2 is 1.80 bits per heavy atom. The van der Waals surface area contributed by atoms with Gasteiger partial charge in [0.05, 0.1) is 12.2 Å². The number of fused-ring (bicyclic) bond motifs is 2. The number of benzene rings is 1. The Bertz CT molecular complexity index is 577. The van der Waals surface area contributed by atoms with Gasteiger partial charge in [0.15, 0.2) is 11.5 Å². The molecule has 3 nitrogen and oxygen atoms in total. The predicted octanol–water partition coefficient (Wildman–Crippen LogP) is 4.79. The Kier molecular flexibility index (Phi) is 5.46. The van der Waals surface area contributed by atoms with Crippen LogP contribution in [0.5, 0.6) is 11.5 Å². The van der Waals surface area contributed by atoms with Crippen LogP contribution in [-0.2, 0) is 6.18 Å². The minimum Gasteiger partial charge on any atom is -0.489 e. The zero-order valence-corrected chi connectivity index (χ0v) is 14.7. The fraction of sp³-hybridized carbons (Fsp3) is 0.684. The van der Waals surface area contributed by atoms with Crippen molar-refractivity contribution in [2.75, 3.05) is 6.61 Å². The van der Waals surface area contributed by atoms with Gasteiger partial charge in [0.25, 0.3) is 0 Å². The Hall–Kier alpha value is -1.43. The third kappa shape index (κ3) is 4.81. The standard InChI is InChI=1S/C19H26F3NO2/c1-12(2)11-24-18-8-13(19(20,21)22)6-7-17(18)25-16-9-14-4-3-5-15(10-16)23-14/h6-8,12,14-16,23H,3-5,9-11H2,1-2H3. The molecule has 0 radical (unpaired) electrons. The molecule has 1 aromatic rings. The highest BCUT2D eigenvalue weighted by Gasteiger charge is 2.34. The third-order valence-electron chi connectivity index (χ3n) is 4.81. The zero-order valence-electron chi connectivity index (χ0n) is 14.7. The van der Waals surface area contributed by atoms with E-state index in [0.717, 1.165) is 37.8 Å². The van der Waals surface area contributed by atoms with Crippen molar-refractivity contribution in [2.45, 2.75) is 70.3 Å². The average molecular weight is 357 g/mol. The lowest BCUT2D eigenvalue weighted by molar-refractivity contribution is -0.137. The van der Waals surface area contributed by atoms with Crippen molar-refractivity contribution in [1.82, 2.24) is 5.32 Å². The number of hydrogen-bond acceptors (Lipinski definition) is 3. The fourth-order valence-corrected chi connectivity index (χ4v) is 3.64. The topological polar surface area (TPSA) is 30.5 Å². The monoisotopic (exact) mass is 357 g/mol. The molecule has 2 aliphatic heterocycles. The van der Waals surface area contributed by atoms with Crippen LogP contribution < -0.4 is 14.8 Å². The van der Waals surface area contributed by atoms with E-state index >= 15 is 0 Å². The summed E-state index contributed by atoms with van der Waals surface area (Å²) in [6.45, 7) is 4.28. The maximum Gasteiger partial charge on any atom is 0.416 e.